The average molecular weight is 308 g/mol. The van der Waals surface area contributed by atoms with Crippen LogP contribution in [0.1, 0.15) is 39.9 Å². The largest absolute Gasteiger partial charge is 0.304 e. The van der Waals surface area contributed by atoms with Crippen LogP contribution in [-0.2, 0) is 11.3 Å². The van der Waals surface area contributed by atoms with Gasteiger partial charge in [-0.15, -0.1) is 4.91 Å². The summed E-state index contributed by atoms with van der Waals surface area (Å²) in [6.07, 6.45) is 0. The Morgan fingerprint density at radius 3 is 2.52 bits per heavy atom. The van der Waals surface area contributed by atoms with Crippen molar-refractivity contribution >= 4 is 17.5 Å². The summed E-state index contributed by atoms with van der Waals surface area (Å²) in [4.78, 5) is 35.9. The molecule has 116 valence electrons. The van der Waals surface area contributed by atoms with Crippen LogP contribution in [-0.4, -0.2) is 11.8 Å². The van der Waals surface area contributed by atoms with Crippen LogP contribution in [0.2, 0.25) is 0 Å². The molecule has 0 saturated carbocycles. The molecule has 2 aromatic carbocycles. The van der Waals surface area contributed by atoms with E-state index in [4.69, 9.17) is 0 Å². The number of nitrogens with zero attached hydrogens (tertiary/aromatic N) is 2. The zero-order valence-corrected chi connectivity index (χ0v) is 12.9. The van der Waals surface area contributed by atoms with Crippen LogP contribution < -0.4 is 4.90 Å². The number of nitroso groups, excluding NO2 is 1. The van der Waals surface area contributed by atoms with Gasteiger partial charge in [-0.1, -0.05) is 29.8 Å². The highest BCUT2D eigenvalue weighted by molar-refractivity contribution is 6.10. The third-order valence-corrected chi connectivity index (χ3v) is 4.23. The summed E-state index contributed by atoms with van der Waals surface area (Å²) in [6, 6.07) is 13.0. The molecule has 5 nitrogen and oxygen atoms in total. The molecule has 1 unspecified atom stereocenters. The maximum Gasteiger partial charge on any atom is 0.293 e. The molecule has 1 aliphatic heterocycles. The van der Waals surface area contributed by atoms with E-state index in [1.165, 1.54) is 0 Å². The topological polar surface area (TPSA) is 66.8 Å². The van der Waals surface area contributed by atoms with E-state index >= 15 is 0 Å². The number of rotatable bonds is 3. The van der Waals surface area contributed by atoms with Crippen LogP contribution in [0.5, 0.6) is 0 Å². The predicted molar refractivity (Wildman–Crippen MR) is 87.4 cm³/mol. The van der Waals surface area contributed by atoms with Crippen LogP contribution in [0.3, 0.4) is 0 Å². The highest BCUT2D eigenvalue weighted by Gasteiger charge is 2.28. The van der Waals surface area contributed by atoms with Gasteiger partial charge in [-0.25, -0.2) is 0 Å². The molecule has 1 aliphatic rings. The second kappa shape index (κ2) is 5.76. The average Bonchev–Trinajstić information content (AvgIpc) is 2.90. The normalized spacial score (nSPS) is 14.5. The molecule has 0 spiro atoms. The second-order valence-corrected chi connectivity index (χ2v) is 5.79. The lowest BCUT2D eigenvalue weighted by atomic mass is 10.0. The Hall–Kier alpha value is -2.82. The standard InChI is InChI=1S/C18H16N2O3/c1-11-3-4-14-10-20(18(22)16(14)9-11)15-7-5-13(6-8-15)12(2)17(21)19-23/h3-9,12H,10H2,1-2H3. The summed E-state index contributed by atoms with van der Waals surface area (Å²) in [5.41, 5.74) is 4.29. The molecule has 23 heavy (non-hydrogen) atoms. The Kier molecular flexibility index (Phi) is 3.78. The van der Waals surface area contributed by atoms with E-state index in [0.29, 0.717) is 12.1 Å². The van der Waals surface area contributed by atoms with Crippen molar-refractivity contribution in [2.45, 2.75) is 26.3 Å². The highest BCUT2D eigenvalue weighted by Crippen LogP contribution is 2.30. The van der Waals surface area contributed by atoms with Crippen molar-refractivity contribution in [3.05, 3.63) is 69.6 Å². The van der Waals surface area contributed by atoms with Gasteiger partial charge in [0.25, 0.3) is 11.8 Å². The molecule has 0 bridgehead atoms. The van der Waals surface area contributed by atoms with E-state index in [1.54, 1.807) is 36.1 Å². The van der Waals surface area contributed by atoms with Gasteiger partial charge < -0.3 is 4.90 Å². The van der Waals surface area contributed by atoms with Crippen LogP contribution in [0.4, 0.5) is 5.69 Å². The molecular weight excluding hydrogens is 292 g/mol. The molecule has 0 N–H and O–H groups in total. The van der Waals surface area contributed by atoms with Gasteiger partial charge in [0.1, 0.15) is 0 Å². The van der Waals surface area contributed by atoms with Crippen molar-refractivity contribution in [3.8, 4) is 0 Å². The van der Waals surface area contributed by atoms with E-state index in [2.05, 4.69) is 5.18 Å². The molecule has 0 saturated heterocycles. The molecule has 1 atom stereocenters. The first-order valence-electron chi connectivity index (χ1n) is 7.40. The Labute approximate surface area is 133 Å². The fraction of sp³-hybridized carbons (Fsp3) is 0.222. The molecule has 5 heteroatoms. The quantitative estimate of drug-likeness (QED) is 0.814. The Morgan fingerprint density at radius 2 is 1.87 bits per heavy atom. The number of benzene rings is 2. The maximum absolute atomic E-state index is 12.5. The van der Waals surface area contributed by atoms with E-state index in [0.717, 1.165) is 22.4 Å². The molecule has 0 radical (unpaired) electrons. The van der Waals surface area contributed by atoms with Crippen molar-refractivity contribution in [1.29, 1.82) is 0 Å². The first-order valence-corrected chi connectivity index (χ1v) is 7.40. The zero-order valence-electron chi connectivity index (χ0n) is 12.9. The lowest BCUT2D eigenvalue weighted by Gasteiger charge is -2.16. The molecule has 0 aromatic heterocycles. The summed E-state index contributed by atoms with van der Waals surface area (Å²) in [5, 5.41) is 2.46. The minimum atomic E-state index is -0.696. The van der Waals surface area contributed by atoms with E-state index in [9.17, 15) is 14.5 Å². The second-order valence-electron chi connectivity index (χ2n) is 5.79. The number of amides is 2. The van der Waals surface area contributed by atoms with Gasteiger partial charge in [0.05, 0.1) is 12.5 Å². The van der Waals surface area contributed by atoms with E-state index < -0.39 is 11.8 Å². The van der Waals surface area contributed by atoms with Crippen LogP contribution in [0.15, 0.2) is 47.6 Å². The van der Waals surface area contributed by atoms with E-state index in [1.807, 2.05) is 25.1 Å². The minimum Gasteiger partial charge on any atom is -0.304 e. The number of aryl methyl sites for hydroxylation is 1. The third kappa shape index (κ3) is 2.65. The monoisotopic (exact) mass is 308 g/mol. The lowest BCUT2D eigenvalue weighted by Crippen LogP contribution is -2.23. The maximum atomic E-state index is 12.5. The number of fused-ring (bicyclic) bond motifs is 1. The van der Waals surface area contributed by atoms with Crippen LogP contribution >= 0.6 is 0 Å². The van der Waals surface area contributed by atoms with Gasteiger partial charge in [-0.3, -0.25) is 9.59 Å². The summed E-state index contributed by atoms with van der Waals surface area (Å²) >= 11 is 0. The fourth-order valence-corrected chi connectivity index (χ4v) is 2.79. The summed E-state index contributed by atoms with van der Waals surface area (Å²) in [5.74, 6) is -1.29. The molecular formula is C18H16N2O3. The Morgan fingerprint density at radius 1 is 1.17 bits per heavy atom. The molecule has 2 amide bonds. The minimum absolute atomic E-state index is 0.0184. The van der Waals surface area contributed by atoms with Crippen LogP contribution in [0, 0.1) is 11.8 Å². The smallest absolute Gasteiger partial charge is 0.293 e. The van der Waals surface area contributed by atoms with Gasteiger partial charge >= 0.3 is 0 Å². The number of carbonyl (C=O) groups excluding carboxylic acids is 2. The highest BCUT2D eigenvalue weighted by atomic mass is 16.3. The Bertz CT molecular complexity index is 796. The lowest BCUT2D eigenvalue weighted by molar-refractivity contribution is -0.119. The van der Waals surface area contributed by atoms with E-state index in [-0.39, 0.29) is 5.91 Å². The third-order valence-electron chi connectivity index (χ3n) is 4.23. The van der Waals surface area contributed by atoms with Gasteiger partial charge in [0.2, 0.25) is 0 Å². The molecule has 3 rings (SSSR count). The number of carbonyl (C=O) groups is 2. The van der Waals surface area contributed by atoms with Crippen molar-refractivity contribution in [2.24, 2.45) is 5.18 Å². The van der Waals surface area contributed by atoms with Crippen molar-refractivity contribution in [1.82, 2.24) is 0 Å². The first kappa shape index (κ1) is 15.1. The van der Waals surface area contributed by atoms with Gasteiger partial charge in [-0.05, 0) is 43.2 Å². The number of anilines is 1. The van der Waals surface area contributed by atoms with Gasteiger partial charge in [-0.2, -0.15) is 0 Å². The van der Waals surface area contributed by atoms with Crippen molar-refractivity contribution in [3.63, 3.8) is 0 Å². The van der Waals surface area contributed by atoms with Crippen molar-refractivity contribution in [2.75, 3.05) is 4.90 Å². The SMILES string of the molecule is Cc1ccc2c(c1)C(=O)N(c1ccc(C(C)C(=O)N=O)cc1)C2. The first-order chi connectivity index (χ1) is 11.0. The van der Waals surface area contributed by atoms with Crippen molar-refractivity contribution < 1.29 is 9.59 Å². The van der Waals surface area contributed by atoms with Gasteiger partial charge in [0.15, 0.2) is 0 Å². The number of hydrogen-bond donors (Lipinski definition) is 0. The number of hydrogen-bond acceptors (Lipinski definition) is 3. The molecule has 0 aliphatic carbocycles. The van der Waals surface area contributed by atoms with Crippen LogP contribution in [0.25, 0.3) is 0 Å². The Balaban J connectivity index is 1.85. The zero-order chi connectivity index (χ0) is 16.6. The fourth-order valence-electron chi connectivity index (χ4n) is 2.79. The molecule has 0 fully saturated rings. The predicted octanol–water partition coefficient (Wildman–Crippen LogP) is 3.55. The molecule has 2 aromatic rings. The summed E-state index contributed by atoms with van der Waals surface area (Å²) < 4.78 is 0. The summed E-state index contributed by atoms with van der Waals surface area (Å²) in [7, 11) is 0. The summed E-state index contributed by atoms with van der Waals surface area (Å²) in [6.45, 7) is 4.14. The van der Waals surface area contributed by atoms with Gasteiger partial charge in [0, 0.05) is 16.4 Å². The molecule has 1 heterocycles.